The zero-order chi connectivity index (χ0) is 15.8. The first-order valence-electron chi connectivity index (χ1n) is 7.93. The summed E-state index contributed by atoms with van der Waals surface area (Å²) in [7, 11) is 0. The molecular weight excluding hydrogens is 280 g/mol. The van der Waals surface area contributed by atoms with Gasteiger partial charge in [-0.3, -0.25) is 9.59 Å². The van der Waals surface area contributed by atoms with Gasteiger partial charge in [-0.1, -0.05) is 37.0 Å². The van der Waals surface area contributed by atoms with Gasteiger partial charge >= 0.3 is 11.8 Å². The van der Waals surface area contributed by atoms with Crippen molar-refractivity contribution < 1.29 is 14.3 Å². The molecule has 5 heteroatoms. The van der Waals surface area contributed by atoms with Gasteiger partial charge < -0.3 is 15.4 Å². The van der Waals surface area contributed by atoms with Crippen molar-refractivity contribution in [1.82, 2.24) is 10.6 Å². The second kappa shape index (κ2) is 8.41. The van der Waals surface area contributed by atoms with Crippen molar-refractivity contribution in [2.75, 3.05) is 13.2 Å². The molecule has 0 aromatic heterocycles. The van der Waals surface area contributed by atoms with Crippen LogP contribution < -0.4 is 15.4 Å². The molecule has 2 amide bonds. The number of hydrogen-bond acceptors (Lipinski definition) is 3. The van der Waals surface area contributed by atoms with Crippen LogP contribution in [0.5, 0.6) is 5.75 Å². The molecule has 1 aromatic rings. The minimum atomic E-state index is -0.585. The SMILES string of the molecule is Cc1ccc(OCCNC(=O)C(=O)NC2CCCCC2)cc1. The number of amides is 2. The molecule has 0 spiro atoms. The summed E-state index contributed by atoms with van der Waals surface area (Å²) in [6, 6.07) is 7.84. The molecule has 1 fully saturated rings. The average Bonchev–Trinajstić information content (AvgIpc) is 2.54. The summed E-state index contributed by atoms with van der Waals surface area (Å²) in [4.78, 5) is 23.4. The molecule has 2 N–H and O–H groups in total. The highest BCUT2D eigenvalue weighted by Gasteiger charge is 2.19. The van der Waals surface area contributed by atoms with Gasteiger partial charge in [0.2, 0.25) is 0 Å². The Morgan fingerprint density at radius 1 is 1.09 bits per heavy atom. The number of ether oxygens (including phenoxy) is 1. The molecule has 1 aliphatic carbocycles. The van der Waals surface area contributed by atoms with E-state index in [0.717, 1.165) is 31.4 Å². The number of benzene rings is 1. The Balaban J connectivity index is 1.62. The van der Waals surface area contributed by atoms with Crippen LogP contribution in [0.2, 0.25) is 0 Å². The number of aryl methyl sites for hydroxylation is 1. The Morgan fingerprint density at radius 2 is 1.77 bits per heavy atom. The molecule has 2 rings (SSSR count). The van der Waals surface area contributed by atoms with E-state index in [1.54, 1.807) is 0 Å². The van der Waals surface area contributed by atoms with Crippen molar-refractivity contribution in [3.63, 3.8) is 0 Å². The zero-order valence-corrected chi connectivity index (χ0v) is 13.1. The highest BCUT2D eigenvalue weighted by atomic mass is 16.5. The number of rotatable bonds is 5. The molecule has 120 valence electrons. The monoisotopic (exact) mass is 304 g/mol. The van der Waals surface area contributed by atoms with E-state index in [9.17, 15) is 9.59 Å². The minimum absolute atomic E-state index is 0.149. The van der Waals surface area contributed by atoms with Crippen LogP contribution in [-0.2, 0) is 9.59 Å². The van der Waals surface area contributed by atoms with E-state index >= 15 is 0 Å². The first-order chi connectivity index (χ1) is 10.6. The minimum Gasteiger partial charge on any atom is -0.492 e. The van der Waals surface area contributed by atoms with E-state index in [4.69, 9.17) is 4.74 Å². The lowest BCUT2D eigenvalue weighted by atomic mass is 9.95. The molecule has 0 heterocycles. The van der Waals surface area contributed by atoms with Crippen LogP contribution in [0.15, 0.2) is 24.3 Å². The fourth-order valence-corrected chi connectivity index (χ4v) is 2.55. The molecule has 0 atom stereocenters. The smallest absolute Gasteiger partial charge is 0.309 e. The topological polar surface area (TPSA) is 67.4 Å². The van der Waals surface area contributed by atoms with Crippen LogP contribution in [0.3, 0.4) is 0 Å². The molecule has 5 nitrogen and oxygen atoms in total. The van der Waals surface area contributed by atoms with Crippen LogP contribution in [0.1, 0.15) is 37.7 Å². The summed E-state index contributed by atoms with van der Waals surface area (Å²) >= 11 is 0. The molecule has 0 radical (unpaired) electrons. The Kier molecular flexibility index (Phi) is 6.25. The van der Waals surface area contributed by atoms with Crippen molar-refractivity contribution >= 4 is 11.8 Å². The Labute approximate surface area is 131 Å². The number of hydrogen-bond donors (Lipinski definition) is 2. The van der Waals surface area contributed by atoms with Gasteiger partial charge in [-0.2, -0.15) is 0 Å². The van der Waals surface area contributed by atoms with Gasteiger partial charge in [-0.15, -0.1) is 0 Å². The van der Waals surface area contributed by atoms with Gasteiger partial charge in [-0.25, -0.2) is 0 Å². The first kappa shape index (κ1) is 16.3. The van der Waals surface area contributed by atoms with Crippen LogP contribution in [0.4, 0.5) is 0 Å². The van der Waals surface area contributed by atoms with E-state index in [0.29, 0.717) is 13.2 Å². The van der Waals surface area contributed by atoms with Crippen molar-refractivity contribution in [3.05, 3.63) is 29.8 Å². The second-order valence-electron chi connectivity index (χ2n) is 5.73. The molecule has 1 aliphatic rings. The third-order valence-electron chi connectivity index (χ3n) is 3.82. The zero-order valence-electron chi connectivity index (χ0n) is 13.1. The first-order valence-corrected chi connectivity index (χ1v) is 7.93. The molecule has 1 saturated carbocycles. The average molecular weight is 304 g/mol. The predicted molar refractivity (Wildman–Crippen MR) is 84.7 cm³/mol. The quantitative estimate of drug-likeness (QED) is 0.645. The van der Waals surface area contributed by atoms with E-state index in [-0.39, 0.29) is 6.04 Å². The molecule has 22 heavy (non-hydrogen) atoms. The summed E-state index contributed by atoms with van der Waals surface area (Å²) in [6.45, 7) is 2.66. The third kappa shape index (κ3) is 5.39. The molecule has 0 aliphatic heterocycles. The number of carbonyl (C=O) groups is 2. The Morgan fingerprint density at radius 3 is 2.45 bits per heavy atom. The fourth-order valence-electron chi connectivity index (χ4n) is 2.55. The van der Waals surface area contributed by atoms with E-state index in [1.165, 1.54) is 12.0 Å². The molecule has 0 saturated heterocycles. The Hall–Kier alpha value is -2.04. The maximum absolute atomic E-state index is 11.7. The van der Waals surface area contributed by atoms with Crippen LogP contribution >= 0.6 is 0 Å². The lowest BCUT2D eigenvalue weighted by Crippen LogP contribution is -2.46. The van der Waals surface area contributed by atoms with Crippen LogP contribution in [0, 0.1) is 6.92 Å². The van der Waals surface area contributed by atoms with Gasteiger partial charge in [0, 0.05) is 6.04 Å². The maximum Gasteiger partial charge on any atom is 0.309 e. The van der Waals surface area contributed by atoms with E-state index in [1.807, 2.05) is 31.2 Å². The summed E-state index contributed by atoms with van der Waals surface area (Å²) in [5, 5.41) is 5.37. The summed E-state index contributed by atoms with van der Waals surface area (Å²) in [5.41, 5.74) is 1.17. The lowest BCUT2D eigenvalue weighted by molar-refractivity contribution is -0.139. The van der Waals surface area contributed by atoms with Crippen molar-refractivity contribution in [1.29, 1.82) is 0 Å². The van der Waals surface area contributed by atoms with E-state index in [2.05, 4.69) is 10.6 Å². The molecular formula is C17H24N2O3. The van der Waals surface area contributed by atoms with E-state index < -0.39 is 11.8 Å². The van der Waals surface area contributed by atoms with Gasteiger partial charge in [0.15, 0.2) is 0 Å². The fraction of sp³-hybridized carbons (Fsp3) is 0.529. The Bertz CT molecular complexity index is 493. The van der Waals surface area contributed by atoms with Gasteiger partial charge in [0.25, 0.3) is 0 Å². The van der Waals surface area contributed by atoms with Gasteiger partial charge in [-0.05, 0) is 31.9 Å². The highest BCUT2D eigenvalue weighted by molar-refractivity contribution is 6.35. The second-order valence-corrected chi connectivity index (χ2v) is 5.73. The number of carbonyl (C=O) groups excluding carboxylic acids is 2. The maximum atomic E-state index is 11.7. The summed E-state index contributed by atoms with van der Waals surface area (Å²) in [6.07, 6.45) is 5.40. The number of nitrogens with one attached hydrogen (secondary N) is 2. The van der Waals surface area contributed by atoms with Crippen LogP contribution in [0.25, 0.3) is 0 Å². The van der Waals surface area contributed by atoms with Gasteiger partial charge in [0.05, 0.1) is 6.54 Å². The van der Waals surface area contributed by atoms with Crippen molar-refractivity contribution in [2.45, 2.75) is 45.1 Å². The lowest BCUT2D eigenvalue weighted by Gasteiger charge is -2.22. The summed E-state index contributed by atoms with van der Waals surface area (Å²) in [5.74, 6) is -0.369. The largest absolute Gasteiger partial charge is 0.492 e. The highest BCUT2D eigenvalue weighted by Crippen LogP contribution is 2.17. The predicted octanol–water partition coefficient (Wildman–Crippen LogP) is 1.94. The normalized spacial score (nSPS) is 15.1. The summed E-state index contributed by atoms with van der Waals surface area (Å²) < 4.78 is 5.49. The molecule has 0 bridgehead atoms. The standard InChI is InChI=1S/C17H24N2O3/c1-13-7-9-15(10-8-13)22-12-11-18-16(20)17(21)19-14-5-3-2-4-6-14/h7-10,14H,2-6,11-12H2,1H3,(H,18,20)(H,19,21). The molecule has 0 unspecified atom stereocenters. The molecule has 1 aromatic carbocycles. The van der Waals surface area contributed by atoms with Gasteiger partial charge in [0.1, 0.15) is 12.4 Å². The third-order valence-corrected chi connectivity index (χ3v) is 3.82. The van der Waals surface area contributed by atoms with Crippen molar-refractivity contribution in [2.24, 2.45) is 0 Å². The van der Waals surface area contributed by atoms with Crippen molar-refractivity contribution in [3.8, 4) is 5.75 Å². The van der Waals surface area contributed by atoms with Crippen LogP contribution in [-0.4, -0.2) is 31.0 Å².